The second-order valence-electron chi connectivity index (χ2n) is 10.9. The number of hydrogen-bond acceptors (Lipinski definition) is 7. The topological polar surface area (TPSA) is 155 Å². The molecule has 1 atom stereocenters. The molecule has 0 spiro atoms. The highest BCUT2D eigenvalue weighted by Gasteiger charge is 2.30. The molecule has 3 aromatic carbocycles. The third-order valence-electron chi connectivity index (χ3n) is 7.60. The minimum absolute atomic E-state index is 0.105. The van der Waals surface area contributed by atoms with Crippen molar-refractivity contribution in [3.8, 4) is 0 Å². The number of carbonyl (C=O) groups is 4. The number of esters is 1. The number of anilines is 1. The molecule has 5 rings (SSSR count). The van der Waals surface area contributed by atoms with Crippen LogP contribution in [0.25, 0.3) is 0 Å². The molecule has 0 aliphatic carbocycles. The summed E-state index contributed by atoms with van der Waals surface area (Å²) in [6.45, 7) is 2.95. The van der Waals surface area contributed by atoms with E-state index in [0.717, 1.165) is 20.9 Å². The lowest BCUT2D eigenvalue weighted by atomic mass is 10.0. The highest BCUT2D eigenvalue weighted by atomic mass is 32.1. The maximum absolute atomic E-state index is 14.0. The van der Waals surface area contributed by atoms with Crippen molar-refractivity contribution in [2.24, 2.45) is 5.73 Å². The third kappa shape index (κ3) is 8.05. The van der Waals surface area contributed by atoms with Gasteiger partial charge < -0.3 is 26.0 Å². The van der Waals surface area contributed by atoms with Crippen LogP contribution < -0.4 is 16.4 Å². The van der Waals surface area contributed by atoms with Crippen LogP contribution in [0, 0.1) is 5.41 Å². The first-order chi connectivity index (χ1) is 22.2. The fourth-order valence-corrected chi connectivity index (χ4v) is 6.40. The van der Waals surface area contributed by atoms with E-state index in [1.165, 1.54) is 0 Å². The van der Waals surface area contributed by atoms with Gasteiger partial charge in [-0.05, 0) is 66.9 Å². The molecule has 2 heterocycles. The minimum atomic E-state index is -0.871. The molecule has 236 valence electrons. The van der Waals surface area contributed by atoms with Crippen molar-refractivity contribution in [3.05, 3.63) is 123 Å². The van der Waals surface area contributed by atoms with E-state index in [2.05, 4.69) is 10.6 Å². The molecule has 1 aliphatic heterocycles. The van der Waals surface area contributed by atoms with Gasteiger partial charge in [0.25, 0.3) is 11.8 Å². The molecule has 3 amide bonds. The minimum Gasteiger partial charge on any atom is -0.466 e. The predicted octanol–water partition coefficient (Wildman–Crippen LogP) is 4.32. The van der Waals surface area contributed by atoms with Crippen LogP contribution in [0.3, 0.4) is 0 Å². The fraction of sp³-hybridized carbons (Fsp3) is 0.229. The van der Waals surface area contributed by atoms with Crippen LogP contribution in [0.15, 0.2) is 84.9 Å². The van der Waals surface area contributed by atoms with Crippen LogP contribution in [0.1, 0.15) is 54.1 Å². The lowest BCUT2D eigenvalue weighted by Crippen LogP contribution is -2.50. The van der Waals surface area contributed by atoms with Crippen LogP contribution in [-0.2, 0) is 40.1 Å². The van der Waals surface area contributed by atoms with Gasteiger partial charge in [-0.1, -0.05) is 42.5 Å². The summed E-state index contributed by atoms with van der Waals surface area (Å²) in [5, 5.41) is 13.4. The van der Waals surface area contributed by atoms with Crippen molar-refractivity contribution in [2.75, 3.05) is 18.5 Å². The van der Waals surface area contributed by atoms with Gasteiger partial charge in [0, 0.05) is 51.6 Å². The van der Waals surface area contributed by atoms with Crippen molar-refractivity contribution in [1.82, 2.24) is 10.2 Å². The average molecular weight is 638 g/mol. The number of nitrogens with two attached hydrogens (primary N) is 1. The number of nitrogens with one attached hydrogen (secondary N) is 3. The summed E-state index contributed by atoms with van der Waals surface area (Å²) in [5.74, 6) is -1.26. The molecule has 4 aromatic rings. The summed E-state index contributed by atoms with van der Waals surface area (Å²) in [4.78, 5) is 55.7. The molecule has 0 unspecified atom stereocenters. The van der Waals surface area contributed by atoms with Crippen molar-refractivity contribution >= 4 is 46.6 Å². The molecule has 0 fully saturated rings. The van der Waals surface area contributed by atoms with E-state index >= 15 is 0 Å². The predicted molar refractivity (Wildman–Crippen MR) is 177 cm³/mol. The van der Waals surface area contributed by atoms with Gasteiger partial charge in [0.2, 0.25) is 5.91 Å². The number of nitrogen functional groups attached to an aromatic ring is 1. The Balaban J connectivity index is 1.32. The van der Waals surface area contributed by atoms with Gasteiger partial charge in [-0.3, -0.25) is 24.6 Å². The Morgan fingerprint density at radius 3 is 2.28 bits per heavy atom. The van der Waals surface area contributed by atoms with Gasteiger partial charge in [-0.2, -0.15) is 0 Å². The Kier molecular flexibility index (Phi) is 10.2. The second-order valence-corrected chi connectivity index (χ2v) is 12.1. The molecule has 0 saturated carbocycles. The maximum atomic E-state index is 14.0. The average Bonchev–Trinajstić information content (AvgIpc) is 3.46. The molecule has 10 nitrogen and oxygen atoms in total. The number of carbonyl (C=O) groups excluding carboxylic acids is 4. The number of benzene rings is 3. The summed E-state index contributed by atoms with van der Waals surface area (Å²) < 4.78 is 5.09. The Hall–Kier alpha value is -5.29. The van der Waals surface area contributed by atoms with Gasteiger partial charge >= 0.3 is 5.97 Å². The number of thiophene rings is 1. The van der Waals surface area contributed by atoms with E-state index in [9.17, 15) is 19.2 Å². The van der Waals surface area contributed by atoms with Gasteiger partial charge in [0.15, 0.2) is 0 Å². The van der Waals surface area contributed by atoms with Crippen molar-refractivity contribution in [2.45, 2.75) is 38.8 Å². The van der Waals surface area contributed by atoms with Gasteiger partial charge in [0.05, 0.1) is 13.0 Å². The SMILES string of the molecule is CCOC(=O)Cc1cc2c(s1)CCN(C(=O)[C@H](Cc1ccc(NC(=O)c3ccccc3)cc1)NC(=O)c1ccc(C(=N)N)cc1)C2. The van der Waals surface area contributed by atoms with Crippen LogP contribution >= 0.6 is 11.3 Å². The van der Waals surface area contributed by atoms with E-state index in [4.69, 9.17) is 15.9 Å². The Morgan fingerprint density at radius 2 is 1.61 bits per heavy atom. The molecule has 5 N–H and O–H groups in total. The zero-order chi connectivity index (χ0) is 32.6. The smallest absolute Gasteiger partial charge is 0.311 e. The quantitative estimate of drug-likeness (QED) is 0.109. The Labute approximate surface area is 271 Å². The van der Waals surface area contributed by atoms with Crippen LogP contribution in [0.4, 0.5) is 5.69 Å². The lowest BCUT2D eigenvalue weighted by molar-refractivity contribution is -0.142. The molecule has 0 bridgehead atoms. The molecule has 1 aliphatic rings. The number of nitrogens with zero attached hydrogens (tertiary/aromatic N) is 1. The fourth-order valence-electron chi connectivity index (χ4n) is 5.24. The van der Waals surface area contributed by atoms with E-state index < -0.39 is 11.9 Å². The van der Waals surface area contributed by atoms with Crippen molar-refractivity contribution in [3.63, 3.8) is 0 Å². The first-order valence-corrected chi connectivity index (χ1v) is 15.8. The first kappa shape index (κ1) is 32.1. The summed E-state index contributed by atoms with van der Waals surface area (Å²) in [7, 11) is 0. The molecule has 46 heavy (non-hydrogen) atoms. The number of amidine groups is 1. The maximum Gasteiger partial charge on any atom is 0.311 e. The largest absolute Gasteiger partial charge is 0.466 e. The van der Waals surface area contributed by atoms with Crippen molar-refractivity contribution in [1.29, 1.82) is 5.41 Å². The van der Waals surface area contributed by atoms with Gasteiger partial charge in [0.1, 0.15) is 11.9 Å². The third-order valence-corrected chi connectivity index (χ3v) is 8.84. The van der Waals surface area contributed by atoms with Crippen molar-refractivity contribution < 1.29 is 23.9 Å². The first-order valence-electron chi connectivity index (χ1n) is 15.0. The number of ether oxygens (including phenoxy) is 1. The zero-order valence-corrected chi connectivity index (χ0v) is 26.2. The molecule has 1 aromatic heterocycles. The van der Waals surface area contributed by atoms with Gasteiger partial charge in [-0.15, -0.1) is 11.3 Å². The zero-order valence-electron chi connectivity index (χ0n) is 25.4. The van der Waals surface area contributed by atoms with Crippen LogP contribution in [0.5, 0.6) is 0 Å². The monoisotopic (exact) mass is 637 g/mol. The summed E-state index contributed by atoms with van der Waals surface area (Å²) in [6, 6.07) is 23.5. The number of amides is 3. The van der Waals surface area contributed by atoms with E-state index in [1.54, 1.807) is 83.8 Å². The number of hydrogen-bond donors (Lipinski definition) is 4. The summed E-state index contributed by atoms with van der Waals surface area (Å²) >= 11 is 1.57. The molecule has 0 radical (unpaired) electrons. The normalized spacial score (nSPS) is 12.8. The molecular weight excluding hydrogens is 602 g/mol. The highest BCUT2D eigenvalue weighted by Crippen LogP contribution is 2.29. The lowest BCUT2D eigenvalue weighted by Gasteiger charge is -2.31. The highest BCUT2D eigenvalue weighted by molar-refractivity contribution is 7.12. The van der Waals surface area contributed by atoms with Gasteiger partial charge in [-0.25, -0.2) is 0 Å². The van der Waals surface area contributed by atoms with Crippen LogP contribution in [-0.4, -0.2) is 53.6 Å². The molecule has 11 heteroatoms. The standard InChI is InChI=1S/C35H35N5O5S/c1-2-45-31(41)20-28-19-26-21-40(17-16-30(26)46-28)35(44)29(39-34(43)25-12-10-23(11-13-25)32(36)37)18-22-8-14-27(15-9-22)38-33(42)24-6-4-3-5-7-24/h3-15,19,29H,2,16-18,20-21H2,1H3,(H3,36,37)(H,38,42)(H,39,43)/t29-/m0/s1. The second kappa shape index (κ2) is 14.7. The Bertz CT molecular complexity index is 1740. The number of rotatable bonds is 11. The molecular formula is C35H35N5O5S. The molecule has 0 saturated heterocycles. The van der Waals surface area contributed by atoms with Crippen LogP contribution in [0.2, 0.25) is 0 Å². The van der Waals surface area contributed by atoms with E-state index in [-0.39, 0.29) is 36.5 Å². The number of fused-ring (bicyclic) bond motifs is 1. The Morgan fingerprint density at radius 1 is 0.935 bits per heavy atom. The van der Waals surface area contributed by atoms with E-state index in [1.807, 2.05) is 24.3 Å². The summed E-state index contributed by atoms with van der Waals surface area (Å²) in [5.41, 5.74) is 9.32. The van der Waals surface area contributed by atoms with E-state index in [0.29, 0.717) is 48.5 Å². The summed E-state index contributed by atoms with van der Waals surface area (Å²) in [6.07, 6.45) is 1.07.